The van der Waals surface area contributed by atoms with E-state index in [1.807, 2.05) is 0 Å². The number of rotatable bonds is 3. The first-order chi connectivity index (χ1) is 5.58. The fourth-order valence-corrected chi connectivity index (χ4v) is 1.96. The number of hydrogen-bond acceptors (Lipinski definition) is 3. The Bertz CT molecular complexity index is 219. The van der Waals surface area contributed by atoms with Crippen LogP contribution in [0.5, 0.6) is 0 Å². The number of ether oxygens (including phenoxy) is 1. The van der Waals surface area contributed by atoms with Gasteiger partial charge in [0.1, 0.15) is 0 Å². The Hall–Kier alpha value is -0.160. The Kier molecular flexibility index (Phi) is 3.46. The van der Waals surface area contributed by atoms with E-state index in [2.05, 4.69) is 0 Å². The highest BCUT2D eigenvalue weighted by Crippen LogP contribution is 2.17. The van der Waals surface area contributed by atoms with Gasteiger partial charge in [-0.2, -0.15) is 8.42 Å². The van der Waals surface area contributed by atoms with Gasteiger partial charge in [0.25, 0.3) is 0 Å². The van der Waals surface area contributed by atoms with Gasteiger partial charge in [0.15, 0.2) is 0 Å². The zero-order chi connectivity index (χ0) is 9.03. The van der Waals surface area contributed by atoms with Gasteiger partial charge in [-0.15, -0.1) is 3.89 Å². The van der Waals surface area contributed by atoms with Crippen LogP contribution in [0.2, 0.25) is 0 Å². The molecule has 0 bridgehead atoms. The molecule has 5 heteroatoms. The summed E-state index contributed by atoms with van der Waals surface area (Å²) >= 11 is 0. The fraction of sp³-hybridized carbons (Fsp3) is 1.00. The second kappa shape index (κ2) is 4.18. The summed E-state index contributed by atoms with van der Waals surface area (Å²) in [6, 6.07) is 0. The second-order valence-corrected chi connectivity index (χ2v) is 4.60. The highest BCUT2D eigenvalue weighted by atomic mass is 32.3. The van der Waals surface area contributed by atoms with Gasteiger partial charge in [-0.25, -0.2) is 0 Å². The predicted octanol–water partition coefficient (Wildman–Crippen LogP) is 1.10. The van der Waals surface area contributed by atoms with E-state index < -0.39 is 10.2 Å². The first kappa shape index (κ1) is 9.92. The van der Waals surface area contributed by atoms with Crippen LogP contribution in [0.1, 0.15) is 19.3 Å². The van der Waals surface area contributed by atoms with Crippen LogP contribution in [0, 0.1) is 5.92 Å². The van der Waals surface area contributed by atoms with E-state index in [1.54, 1.807) is 0 Å². The third kappa shape index (κ3) is 4.01. The van der Waals surface area contributed by atoms with Crippen molar-refractivity contribution in [1.29, 1.82) is 0 Å². The Morgan fingerprint density at radius 2 is 2.25 bits per heavy atom. The SMILES string of the molecule is O=S(=O)(F)CCC1CCCOC1. The Labute approximate surface area is 72.1 Å². The summed E-state index contributed by atoms with van der Waals surface area (Å²) in [6.45, 7) is 1.33. The van der Waals surface area contributed by atoms with Crippen molar-refractivity contribution >= 4 is 10.2 Å². The van der Waals surface area contributed by atoms with Gasteiger partial charge in [0, 0.05) is 13.2 Å². The topological polar surface area (TPSA) is 43.4 Å². The van der Waals surface area contributed by atoms with E-state index in [1.165, 1.54) is 0 Å². The molecule has 0 saturated carbocycles. The molecule has 0 amide bonds. The molecule has 0 N–H and O–H groups in total. The van der Waals surface area contributed by atoms with E-state index in [4.69, 9.17) is 4.74 Å². The lowest BCUT2D eigenvalue weighted by Gasteiger charge is -2.20. The summed E-state index contributed by atoms with van der Waals surface area (Å²) in [5, 5.41) is 0. The van der Waals surface area contributed by atoms with Crippen molar-refractivity contribution in [3.8, 4) is 0 Å². The molecule has 1 saturated heterocycles. The maximum absolute atomic E-state index is 12.1. The van der Waals surface area contributed by atoms with Gasteiger partial charge in [0.2, 0.25) is 0 Å². The van der Waals surface area contributed by atoms with Gasteiger partial charge >= 0.3 is 10.2 Å². The summed E-state index contributed by atoms with van der Waals surface area (Å²) in [7, 11) is -4.28. The van der Waals surface area contributed by atoms with Gasteiger partial charge in [-0.3, -0.25) is 0 Å². The highest BCUT2D eigenvalue weighted by molar-refractivity contribution is 7.86. The van der Waals surface area contributed by atoms with Crippen LogP contribution >= 0.6 is 0 Å². The third-order valence-corrected chi connectivity index (χ3v) is 2.75. The average molecular weight is 196 g/mol. The lowest BCUT2D eigenvalue weighted by molar-refractivity contribution is 0.0537. The van der Waals surface area contributed by atoms with Crippen molar-refractivity contribution in [3.05, 3.63) is 0 Å². The van der Waals surface area contributed by atoms with Crippen LogP contribution in [0.4, 0.5) is 3.89 Å². The molecule has 0 spiro atoms. The fourth-order valence-electron chi connectivity index (χ4n) is 1.34. The van der Waals surface area contributed by atoms with Crippen LogP contribution in [-0.4, -0.2) is 27.4 Å². The van der Waals surface area contributed by atoms with Crippen LogP contribution < -0.4 is 0 Å². The van der Waals surface area contributed by atoms with Crippen molar-refractivity contribution in [2.75, 3.05) is 19.0 Å². The molecule has 72 valence electrons. The molecule has 1 aliphatic rings. The summed E-state index contributed by atoms with van der Waals surface area (Å²) in [4.78, 5) is 0. The van der Waals surface area contributed by atoms with E-state index in [-0.39, 0.29) is 11.7 Å². The maximum Gasteiger partial charge on any atom is 0.302 e. The van der Waals surface area contributed by atoms with Crippen molar-refractivity contribution in [3.63, 3.8) is 0 Å². The smallest absolute Gasteiger partial charge is 0.302 e. The van der Waals surface area contributed by atoms with E-state index >= 15 is 0 Å². The lowest BCUT2D eigenvalue weighted by Crippen LogP contribution is -2.19. The summed E-state index contributed by atoms with van der Waals surface area (Å²) in [6.07, 6.45) is 2.30. The lowest BCUT2D eigenvalue weighted by atomic mass is 10.00. The minimum Gasteiger partial charge on any atom is -0.381 e. The van der Waals surface area contributed by atoms with E-state index in [0.29, 0.717) is 13.0 Å². The largest absolute Gasteiger partial charge is 0.381 e. The standard InChI is InChI=1S/C7H13FO3S/c8-12(9,10)5-3-7-2-1-4-11-6-7/h7H,1-6H2. The minimum atomic E-state index is -4.28. The molecular formula is C7H13FO3S. The van der Waals surface area contributed by atoms with Gasteiger partial charge in [0.05, 0.1) is 5.75 Å². The maximum atomic E-state index is 12.1. The van der Waals surface area contributed by atoms with Crippen LogP contribution in [0.3, 0.4) is 0 Å². The van der Waals surface area contributed by atoms with E-state index in [9.17, 15) is 12.3 Å². The van der Waals surface area contributed by atoms with Crippen molar-refractivity contribution in [2.45, 2.75) is 19.3 Å². The molecule has 0 radical (unpaired) electrons. The summed E-state index contributed by atoms with van der Waals surface area (Å²) < 4.78 is 37.5. The van der Waals surface area contributed by atoms with Gasteiger partial charge in [-0.05, 0) is 25.2 Å². The molecule has 1 aliphatic heterocycles. The molecule has 0 aromatic rings. The highest BCUT2D eigenvalue weighted by Gasteiger charge is 2.17. The number of hydrogen-bond donors (Lipinski definition) is 0. The molecule has 1 heterocycles. The molecule has 1 unspecified atom stereocenters. The van der Waals surface area contributed by atoms with Gasteiger partial charge in [-0.1, -0.05) is 0 Å². The van der Waals surface area contributed by atoms with Crippen molar-refractivity contribution in [1.82, 2.24) is 0 Å². The summed E-state index contributed by atoms with van der Waals surface area (Å²) in [5.41, 5.74) is 0. The number of halogens is 1. The molecule has 1 rings (SSSR count). The average Bonchev–Trinajstić information content (AvgIpc) is 2.02. The Morgan fingerprint density at radius 1 is 1.50 bits per heavy atom. The van der Waals surface area contributed by atoms with Crippen molar-refractivity contribution in [2.24, 2.45) is 5.92 Å². The molecule has 3 nitrogen and oxygen atoms in total. The predicted molar refractivity (Wildman–Crippen MR) is 43.1 cm³/mol. The molecule has 1 fully saturated rings. The molecule has 0 aromatic heterocycles. The van der Waals surface area contributed by atoms with E-state index in [0.717, 1.165) is 19.4 Å². The second-order valence-electron chi connectivity index (χ2n) is 3.11. The third-order valence-electron chi connectivity index (χ3n) is 2.02. The zero-order valence-electron chi connectivity index (χ0n) is 6.83. The molecule has 0 aromatic carbocycles. The van der Waals surface area contributed by atoms with Crippen LogP contribution in [0.15, 0.2) is 0 Å². The Balaban J connectivity index is 2.22. The van der Waals surface area contributed by atoms with Crippen molar-refractivity contribution < 1.29 is 17.0 Å². The molecule has 0 aliphatic carbocycles. The minimum absolute atomic E-state index is 0.226. The normalized spacial score (nSPS) is 25.6. The first-order valence-electron chi connectivity index (χ1n) is 4.08. The summed E-state index contributed by atoms with van der Waals surface area (Å²) in [5.74, 6) is -0.134. The van der Waals surface area contributed by atoms with Crippen LogP contribution in [0.25, 0.3) is 0 Å². The van der Waals surface area contributed by atoms with Crippen LogP contribution in [-0.2, 0) is 15.0 Å². The zero-order valence-corrected chi connectivity index (χ0v) is 7.65. The molecular weight excluding hydrogens is 183 g/mol. The first-order valence-corrected chi connectivity index (χ1v) is 5.63. The molecule has 1 atom stereocenters. The van der Waals surface area contributed by atoms with Gasteiger partial charge < -0.3 is 4.74 Å². The quantitative estimate of drug-likeness (QED) is 0.635. The monoisotopic (exact) mass is 196 g/mol. The molecule has 12 heavy (non-hydrogen) atoms. The Morgan fingerprint density at radius 3 is 2.75 bits per heavy atom.